The van der Waals surface area contributed by atoms with Crippen molar-refractivity contribution >= 4 is 5.91 Å². The molecule has 0 unspecified atom stereocenters. The fourth-order valence-corrected chi connectivity index (χ4v) is 2.19. The van der Waals surface area contributed by atoms with Crippen LogP contribution < -0.4 is 5.32 Å². The zero-order valence-electron chi connectivity index (χ0n) is 10.5. The predicted octanol–water partition coefficient (Wildman–Crippen LogP) is 1.58. The van der Waals surface area contributed by atoms with Gasteiger partial charge in [-0.15, -0.1) is 0 Å². The maximum absolute atomic E-state index is 13.0. The van der Waals surface area contributed by atoms with Crippen LogP contribution in [-0.2, 0) is 11.2 Å². The highest BCUT2D eigenvalue weighted by molar-refractivity contribution is 5.78. The molecule has 1 saturated heterocycles. The monoisotopic (exact) mass is 250 g/mol. The van der Waals surface area contributed by atoms with Crippen LogP contribution in [0.4, 0.5) is 4.39 Å². The number of amides is 1. The van der Waals surface area contributed by atoms with Crippen molar-refractivity contribution in [1.82, 2.24) is 10.2 Å². The summed E-state index contributed by atoms with van der Waals surface area (Å²) in [6.45, 7) is 3.44. The molecule has 1 aliphatic rings. The van der Waals surface area contributed by atoms with E-state index in [-0.39, 0.29) is 18.1 Å². The van der Waals surface area contributed by atoms with Gasteiger partial charge in [0.25, 0.3) is 0 Å². The topological polar surface area (TPSA) is 32.3 Å². The second kappa shape index (κ2) is 6.50. The van der Waals surface area contributed by atoms with Crippen LogP contribution >= 0.6 is 0 Å². The van der Waals surface area contributed by atoms with Gasteiger partial charge in [-0.2, -0.15) is 0 Å². The van der Waals surface area contributed by atoms with Crippen LogP contribution in [0.15, 0.2) is 24.3 Å². The lowest BCUT2D eigenvalue weighted by Gasteiger charge is -2.25. The molecule has 2 rings (SSSR count). The van der Waals surface area contributed by atoms with Gasteiger partial charge in [-0.25, -0.2) is 4.39 Å². The molecule has 0 saturated carbocycles. The normalized spacial score (nSPS) is 17.1. The van der Waals surface area contributed by atoms with Gasteiger partial charge in [0.05, 0.1) is 6.42 Å². The van der Waals surface area contributed by atoms with Crippen LogP contribution in [0.3, 0.4) is 0 Å². The second-order valence-corrected chi connectivity index (χ2v) is 4.64. The van der Waals surface area contributed by atoms with Crippen molar-refractivity contribution < 1.29 is 9.18 Å². The highest BCUT2D eigenvalue weighted by atomic mass is 19.1. The van der Waals surface area contributed by atoms with Gasteiger partial charge in [0.1, 0.15) is 5.82 Å². The van der Waals surface area contributed by atoms with Gasteiger partial charge in [0.15, 0.2) is 0 Å². The Morgan fingerprint density at radius 2 is 2.17 bits per heavy atom. The first-order valence-electron chi connectivity index (χ1n) is 6.48. The van der Waals surface area contributed by atoms with Crippen molar-refractivity contribution in [2.45, 2.75) is 19.3 Å². The minimum Gasteiger partial charge on any atom is -0.341 e. The minimum absolute atomic E-state index is 0.0873. The molecule has 1 aliphatic heterocycles. The summed E-state index contributed by atoms with van der Waals surface area (Å²) in [4.78, 5) is 14.0. The highest BCUT2D eigenvalue weighted by Crippen LogP contribution is 2.07. The van der Waals surface area contributed by atoms with Crippen LogP contribution in [0.2, 0.25) is 0 Å². The SMILES string of the molecule is O=C(Cc1cccc(F)c1)N1CCCCNCC1. The van der Waals surface area contributed by atoms with Crippen LogP contribution in [0.25, 0.3) is 0 Å². The molecule has 1 aromatic rings. The fraction of sp³-hybridized carbons (Fsp3) is 0.500. The molecule has 1 aromatic carbocycles. The Morgan fingerprint density at radius 1 is 1.28 bits per heavy atom. The standard InChI is InChI=1S/C14H19FN2O/c15-13-5-3-4-12(10-13)11-14(18)17-8-2-1-6-16-7-9-17/h3-5,10,16H,1-2,6-9,11H2. The van der Waals surface area contributed by atoms with Crippen molar-refractivity contribution in [3.63, 3.8) is 0 Å². The van der Waals surface area contributed by atoms with Gasteiger partial charge in [0, 0.05) is 19.6 Å². The van der Waals surface area contributed by atoms with Crippen molar-refractivity contribution in [2.75, 3.05) is 26.2 Å². The van der Waals surface area contributed by atoms with Crippen LogP contribution in [-0.4, -0.2) is 37.0 Å². The number of carbonyl (C=O) groups is 1. The Balaban J connectivity index is 1.93. The van der Waals surface area contributed by atoms with Gasteiger partial charge in [-0.3, -0.25) is 4.79 Å². The smallest absolute Gasteiger partial charge is 0.227 e. The molecule has 1 fully saturated rings. The van der Waals surface area contributed by atoms with Gasteiger partial charge < -0.3 is 10.2 Å². The number of rotatable bonds is 2. The number of halogens is 1. The molecule has 0 spiro atoms. The molecular weight excluding hydrogens is 231 g/mol. The molecule has 3 nitrogen and oxygen atoms in total. The van der Waals surface area contributed by atoms with Crippen molar-refractivity contribution in [3.05, 3.63) is 35.6 Å². The molecule has 1 N–H and O–H groups in total. The first-order chi connectivity index (χ1) is 8.75. The Bertz CT molecular complexity index is 401. The van der Waals surface area contributed by atoms with E-state index in [2.05, 4.69) is 5.32 Å². The van der Waals surface area contributed by atoms with E-state index < -0.39 is 0 Å². The molecule has 98 valence electrons. The lowest BCUT2D eigenvalue weighted by Crippen LogP contribution is -2.40. The molecular formula is C14H19FN2O. The van der Waals surface area contributed by atoms with E-state index in [0.717, 1.165) is 44.6 Å². The fourth-order valence-electron chi connectivity index (χ4n) is 2.19. The molecule has 0 bridgehead atoms. The molecule has 1 amide bonds. The average molecular weight is 250 g/mol. The highest BCUT2D eigenvalue weighted by Gasteiger charge is 2.14. The number of nitrogens with zero attached hydrogens (tertiary/aromatic N) is 1. The van der Waals surface area contributed by atoms with Gasteiger partial charge in [-0.1, -0.05) is 12.1 Å². The molecule has 0 atom stereocenters. The van der Waals surface area contributed by atoms with Crippen molar-refractivity contribution in [2.24, 2.45) is 0 Å². The molecule has 1 heterocycles. The number of hydrogen-bond acceptors (Lipinski definition) is 2. The summed E-state index contributed by atoms with van der Waals surface area (Å²) in [5.74, 6) is -0.195. The van der Waals surface area contributed by atoms with E-state index >= 15 is 0 Å². The summed E-state index contributed by atoms with van der Waals surface area (Å²) in [6, 6.07) is 6.27. The van der Waals surface area contributed by atoms with E-state index in [1.54, 1.807) is 12.1 Å². The molecule has 0 radical (unpaired) electrons. The van der Waals surface area contributed by atoms with E-state index in [1.165, 1.54) is 12.1 Å². The summed E-state index contributed by atoms with van der Waals surface area (Å²) in [7, 11) is 0. The Kier molecular flexibility index (Phi) is 4.70. The van der Waals surface area contributed by atoms with Crippen molar-refractivity contribution in [1.29, 1.82) is 0 Å². The zero-order valence-corrected chi connectivity index (χ0v) is 10.5. The van der Waals surface area contributed by atoms with Gasteiger partial charge >= 0.3 is 0 Å². The Hall–Kier alpha value is -1.42. The summed E-state index contributed by atoms with van der Waals surface area (Å²) in [5, 5.41) is 3.29. The maximum atomic E-state index is 13.0. The van der Waals surface area contributed by atoms with Gasteiger partial charge in [-0.05, 0) is 37.1 Å². The Morgan fingerprint density at radius 3 is 3.00 bits per heavy atom. The van der Waals surface area contributed by atoms with E-state index in [4.69, 9.17) is 0 Å². The third kappa shape index (κ3) is 3.81. The first kappa shape index (κ1) is 13.0. The summed E-state index contributed by atoms with van der Waals surface area (Å²) in [5.41, 5.74) is 0.745. The largest absolute Gasteiger partial charge is 0.341 e. The predicted molar refractivity (Wildman–Crippen MR) is 68.8 cm³/mol. The van der Waals surface area contributed by atoms with E-state index in [1.807, 2.05) is 4.90 Å². The summed E-state index contributed by atoms with van der Waals surface area (Å²) >= 11 is 0. The molecule has 18 heavy (non-hydrogen) atoms. The number of carbonyl (C=O) groups excluding carboxylic acids is 1. The zero-order chi connectivity index (χ0) is 12.8. The van der Waals surface area contributed by atoms with E-state index in [0.29, 0.717) is 0 Å². The quantitative estimate of drug-likeness (QED) is 0.864. The third-order valence-corrected chi connectivity index (χ3v) is 3.19. The number of nitrogens with one attached hydrogen (secondary N) is 1. The van der Waals surface area contributed by atoms with Crippen molar-refractivity contribution in [3.8, 4) is 0 Å². The second-order valence-electron chi connectivity index (χ2n) is 4.64. The molecule has 0 aromatic heterocycles. The number of benzene rings is 1. The third-order valence-electron chi connectivity index (χ3n) is 3.19. The maximum Gasteiger partial charge on any atom is 0.227 e. The molecule has 0 aliphatic carbocycles. The Labute approximate surface area is 107 Å². The first-order valence-corrected chi connectivity index (χ1v) is 6.48. The lowest BCUT2D eigenvalue weighted by atomic mass is 10.1. The van der Waals surface area contributed by atoms with Crippen LogP contribution in [0.1, 0.15) is 18.4 Å². The van der Waals surface area contributed by atoms with E-state index in [9.17, 15) is 9.18 Å². The van der Waals surface area contributed by atoms with Gasteiger partial charge in [0.2, 0.25) is 5.91 Å². The van der Waals surface area contributed by atoms with Crippen LogP contribution in [0, 0.1) is 5.82 Å². The summed E-state index contributed by atoms with van der Waals surface area (Å²) < 4.78 is 13.0. The average Bonchev–Trinajstić information content (AvgIpc) is 2.28. The number of hydrogen-bond donors (Lipinski definition) is 1. The minimum atomic E-state index is -0.283. The summed E-state index contributed by atoms with van der Waals surface area (Å²) in [6.07, 6.45) is 2.42. The lowest BCUT2D eigenvalue weighted by molar-refractivity contribution is -0.130. The molecule has 4 heteroatoms. The van der Waals surface area contributed by atoms with Crippen LogP contribution in [0.5, 0.6) is 0 Å².